The van der Waals surface area contributed by atoms with Crippen LogP contribution in [0.15, 0.2) is 60.7 Å². The van der Waals surface area contributed by atoms with Gasteiger partial charge in [-0.05, 0) is 35.9 Å². The predicted molar refractivity (Wildman–Crippen MR) is 74.5 cm³/mol. The Morgan fingerprint density at radius 2 is 1.60 bits per heavy atom. The largest absolute Gasteiger partial charge is 0.478 e. The van der Waals surface area contributed by atoms with Gasteiger partial charge >= 0.3 is 11.9 Å². The van der Waals surface area contributed by atoms with Crippen molar-refractivity contribution in [1.82, 2.24) is 0 Å². The molecule has 20 heavy (non-hydrogen) atoms. The first-order chi connectivity index (χ1) is 9.65. The van der Waals surface area contributed by atoms with E-state index in [0.29, 0.717) is 5.75 Å². The first kappa shape index (κ1) is 13.5. The lowest BCUT2D eigenvalue weighted by Crippen LogP contribution is -2.04. The van der Waals surface area contributed by atoms with Crippen LogP contribution in [0.25, 0.3) is 6.08 Å². The third kappa shape index (κ3) is 3.81. The third-order valence-corrected chi connectivity index (χ3v) is 2.53. The molecule has 0 aliphatic heterocycles. The van der Waals surface area contributed by atoms with E-state index in [1.54, 1.807) is 6.08 Å². The number of rotatable bonds is 4. The second-order valence-corrected chi connectivity index (χ2v) is 3.99. The highest BCUT2D eigenvalue weighted by atomic mass is 16.5. The summed E-state index contributed by atoms with van der Waals surface area (Å²) in [4.78, 5) is 22.3. The van der Waals surface area contributed by atoms with Crippen molar-refractivity contribution in [1.29, 1.82) is 0 Å². The van der Waals surface area contributed by atoms with Crippen LogP contribution in [0.1, 0.15) is 15.9 Å². The number of hydrogen-bond donors (Lipinski definition) is 1. The lowest BCUT2D eigenvalue weighted by Gasteiger charge is -2.01. The van der Waals surface area contributed by atoms with Gasteiger partial charge in [-0.15, -0.1) is 0 Å². The maximum atomic E-state index is 11.6. The predicted octanol–water partition coefficient (Wildman–Crippen LogP) is 3.00. The van der Waals surface area contributed by atoms with Crippen molar-refractivity contribution in [2.45, 2.75) is 0 Å². The molecule has 0 unspecified atom stereocenters. The Morgan fingerprint density at radius 3 is 2.20 bits per heavy atom. The molecule has 0 atom stereocenters. The number of benzene rings is 2. The number of carbonyl (C=O) groups excluding carboxylic acids is 1. The fourth-order valence-electron chi connectivity index (χ4n) is 1.54. The van der Waals surface area contributed by atoms with Gasteiger partial charge in [0.2, 0.25) is 0 Å². The second-order valence-electron chi connectivity index (χ2n) is 3.99. The lowest BCUT2D eigenvalue weighted by atomic mass is 10.2. The minimum Gasteiger partial charge on any atom is -0.478 e. The lowest BCUT2D eigenvalue weighted by molar-refractivity contribution is -0.128. The quantitative estimate of drug-likeness (QED) is 0.526. The molecule has 0 amide bonds. The molecule has 0 heterocycles. The standard InChI is InChI=1S/C16H12O4/c17-15(11-6-12-4-2-1-3-5-12)20-14-9-7-13(8-10-14)16(18)19/h1-11H,(H,18,19)/b11-6+. The zero-order valence-electron chi connectivity index (χ0n) is 10.5. The van der Waals surface area contributed by atoms with Crippen LogP contribution in [-0.2, 0) is 4.79 Å². The maximum absolute atomic E-state index is 11.6. The number of hydrogen-bond acceptors (Lipinski definition) is 3. The molecule has 4 heteroatoms. The molecule has 1 N–H and O–H groups in total. The number of aromatic carboxylic acids is 1. The van der Waals surface area contributed by atoms with Crippen molar-refractivity contribution in [2.24, 2.45) is 0 Å². The Morgan fingerprint density at radius 1 is 0.950 bits per heavy atom. The van der Waals surface area contributed by atoms with Gasteiger partial charge in [-0.3, -0.25) is 0 Å². The van der Waals surface area contributed by atoms with Gasteiger partial charge in [-0.2, -0.15) is 0 Å². The summed E-state index contributed by atoms with van der Waals surface area (Å²) in [5.41, 5.74) is 1.04. The SMILES string of the molecule is O=C(/C=C/c1ccccc1)Oc1ccc(C(=O)O)cc1. The Hall–Kier alpha value is -2.88. The van der Waals surface area contributed by atoms with Crippen molar-refractivity contribution in [3.05, 3.63) is 71.8 Å². The molecule has 0 radical (unpaired) electrons. The van der Waals surface area contributed by atoms with E-state index < -0.39 is 11.9 Å². The molecule has 100 valence electrons. The Labute approximate surface area is 115 Å². The summed E-state index contributed by atoms with van der Waals surface area (Å²) in [7, 11) is 0. The van der Waals surface area contributed by atoms with E-state index >= 15 is 0 Å². The van der Waals surface area contributed by atoms with Crippen LogP contribution in [0.5, 0.6) is 5.75 Å². The molecule has 0 aliphatic carbocycles. The van der Waals surface area contributed by atoms with Gasteiger partial charge in [-0.1, -0.05) is 30.3 Å². The molecular weight excluding hydrogens is 256 g/mol. The summed E-state index contributed by atoms with van der Waals surface area (Å²) < 4.78 is 5.05. The van der Waals surface area contributed by atoms with Gasteiger partial charge in [0.05, 0.1) is 5.56 Å². The van der Waals surface area contributed by atoms with Crippen molar-refractivity contribution < 1.29 is 19.4 Å². The van der Waals surface area contributed by atoms with Crippen LogP contribution in [0, 0.1) is 0 Å². The fourth-order valence-corrected chi connectivity index (χ4v) is 1.54. The van der Waals surface area contributed by atoms with Gasteiger partial charge in [0, 0.05) is 6.08 Å². The Kier molecular flexibility index (Phi) is 4.29. The molecule has 0 bridgehead atoms. The van der Waals surface area contributed by atoms with E-state index in [9.17, 15) is 9.59 Å². The van der Waals surface area contributed by atoms with E-state index in [1.165, 1.54) is 30.3 Å². The highest BCUT2D eigenvalue weighted by Gasteiger charge is 2.04. The summed E-state index contributed by atoms with van der Waals surface area (Å²) in [6.45, 7) is 0. The molecule has 0 spiro atoms. The maximum Gasteiger partial charge on any atom is 0.336 e. The number of esters is 1. The van der Waals surface area contributed by atoms with Gasteiger partial charge < -0.3 is 9.84 Å². The smallest absolute Gasteiger partial charge is 0.336 e. The molecule has 0 fully saturated rings. The van der Waals surface area contributed by atoms with Gasteiger partial charge in [0.25, 0.3) is 0 Å². The molecule has 0 saturated carbocycles. The van der Waals surface area contributed by atoms with Crippen LogP contribution in [-0.4, -0.2) is 17.0 Å². The van der Waals surface area contributed by atoms with Crippen molar-refractivity contribution in [2.75, 3.05) is 0 Å². The molecule has 0 aliphatic rings. The Bertz CT molecular complexity index is 627. The molecule has 2 rings (SSSR count). The van der Waals surface area contributed by atoms with Crippen LogP contribution in [0.4, 0.5) is 0 Å². The summed E-state index contributed by atoms with van der Waals surface area (Å²) in [5, 5.41) is 8.75. The molecule has 4 nitrogen and oxygen atoms in total. The average molecular weight is 268 g/mol. The third-order valence-electron chi connectivity index (χ3n) is 2.53. The van der Waals surface area contributed by atoms with Gasteiger partial charge in [0.1, 0.15) is 5.75 Å². The fraction of sp³-hybridized carbons (Fsp3) is 0. The monoisotopic (exact) mass is 268 g/mol. The highest BCUT2D eigenvalue weighted by Crippen LogP contribution is 2.12. The van der Waals surface area contributed by atoms with E-state index in [1.807, 2.05) is 30.3 Å². The van der Waals surface area contributed by atoms with Crippen LogP contribution < -0.4 is 4.74 Å². The van der Waals surface area contributed by atoms with Crippen LogP contribution in [0.2, 0.25) is 0 Å². The molecular formula is C16H12O4. The van der Waals surface area contributed by atoms with Crippen molar-refractivity contribution in [3.63, 3.8) is 0 Å². The van der Waals surface area contributed by atoms with Crippen molar-refractivity contribution in [3.8, 4) is 5.75 Å². The summed E-state index contributed by atoms with van der Waals surface area (Å²) in [6.07, 6.45) is 2.97. The van der Waals surface area contributed by atoms with Gasteiger partial charge in [0.15, 0.2) is 0 Å². The second kappa shape index (κ2) is 6.33. The number of carboxylic acids is 1. The molecule has 0 saturated heterocycles. The Balaban J connectivity index is 1.98. The van der Waals surface area contributed by atoms with E-state index in [-0.39, 0.29) is 5.56 Å². The minimum absolute atomic E-state index is 0.143. The van der Waals surface area contributed by atoms with E-state index in [2.05, 4.69) is 0 Å². The zero-order chi connectivity index (χ0) is 14.4. The van der Waals surface area contributed by atoms with E-state index in [0.717, 1.165) is 5.56 Å². The van der Waals surface area contributed by atoms with Crippen LogP contribution >= 0.6 is 0 Å². The normalized spacial score (nSPS) is 10.4. The number of carbonyl (C=O) groups is 2. The molecule has 2 aromatic rings. The summed E-state index contributed by atoms with van der Waals surface area (Å²) in [6, 6.07) is 15.0. The molecule has 2 aromatic carbocycles. The minimum atomic E-state index is -1.02. The topological polar surface area (TPSA) is 63.6 Å². The molecule has 0 aromatic heterocycles. The first-order valence-corrected chi connectivity index (χ1v) is 5.93. The van der Waals surface area contributed by atoms with Gasteiger partial charge in [-0.25, -0.2) is 9.59 Å². The van der Waals surface area contributed by atoms with Crippen molar-refractivity contribution >= 4 is 18.0 Å². The summed E-state index contributed by atoms with van der Waals surface area (Å²) in [5.74, 6) is -1.23. The first-order valence-electron chi connectivity index (χ1n) is 5.93. The van der Waals surface area contributed by atoms with E-state index in [4.69, 9.17) is 9.84 Å². The van der Waals surface area contributed by atoms with Crippen LogP contribution in [0.3, 0.4) is 0 Å². The highest BCUT2D eigenvalue weighted by molar-refractivity contribution is 5.89. The zero-order valence-corrected chi connectivity index (χ0v) is 10.5. The number of carboxylic acid groups (broad SMARTS) is 1. The number of ether oxygens (including phenoxy) is 1. The average Bonchev–Trinajstić information content (AvgIpc) is 2.47. The summed E-state index contributed by atoms with van der Waals surface area (Å²) >= 11 is 0.